The predicted molar refractivity (Wildman–Crippen MR) is 87.0 cm³/mol. The highest BCUT2D eigenvalue weighted by atomic mass is 15.3. The van der Waals surface area contributed by atoms with Crippen LogP contribution in [0, 0.1) is 5.92 Å². The fourth-order valence-electron chi connectivity index (χ4n) is 3.13. The van der Waals surface area contributed by atoms with E-state index >= 15 is 0 Å². The summed E-state index contributed by atoms with van der Waals surface area (Å²) in [6.07, 6.45) is 5.56. The Kier molecular flexibility index (Phi) is 4.58. The van der Waals surface area contributed by atoms with Gasteiger partial charge in [0.05, 0.1) is 0 Å². The molecule has 0 aromatic carbocycles. The zero-order valence-electron chi connectivity index (χ0n) is 13.3. The highest BCUT2D eigenvalue weighted by Gasteiger charge is 2.27. The molecule has 2 fully saturated rings. The van der Waals surface area contributed by atoms with E-state index in [4.69, 9.17) is 0 Å². The Morgan fingerprint density at radius 2 is 1.90 bits per heavy atom. The fraction of sp³-hybridized carbons (Fsp3) is 0.750. The molecule has 0 radical (unpaired) electrons. The average Bonchev–Trinajstić information content (AvgIpc) is 3.32. The van der Waals surface area contributed by atoms with Crippen LogP contribution >= 0.6 is 0 Å². The summed E-state index contributed by atoms with van der Waals surface area (Å²) < 4.78 is 0. The van der Waals surface area contributed by atoms with Gasteiger partial charge in [-0.05, 0) is 32.1 Å². The van der Waals surface area contributed by atoms with Crippen LogP contribution in [0.25, 0.3) is 0 Å². The van der Waals surface area contributed by atoms with Crippen LogP contribution in [0.2, 0.25) is 0 Å². The monoisotopic (exact) mass is 289 g/mol. The number of rotatable bonds is 6. The summed E-state index contributed by atoms with van der Waals surface area (Å²) in [6.45, 7) is 11.0. The Morgan fingerprint density at radius 3 is 2.52 bits per heavy atom. The lowest BCUT2D eigenvalue weighted by molar-refractivity contribution is 0.247. The maximum Gasteiger partial charge on any atom is 0.137 e. The minimum atomic E-state index is 0.901. The summed E-state index contributed by atoms with van der Waals surface area (Å²) >= 11 is 0. The maximum absolute atomic E-state index is 4.57. The summed E-state index contributed by atoms with van der Waals surface area (Å²) in [5.74, 6) is 3.13. The molecule has 2 aliphatic rings. The van der Waals surface area contributed by atoms with E-state index in [9.17, 15) is 0 Å². The van der Waals surface area contributed by atoms with Crippen molar-refractivity contribution in [3.05, 3.63) is 11.9 Å². The topological polar surface area (TPSA) is 44.3 Å². The van der Waals surface area contributed by atoms with Crippen molar-refractivity contribution in [1.82, 2.24) is 14.9 Å². The van der Waals surface area contributed by atoms with Gasteiger partial charge in [0.25, 0.3) is 0 Å². The van der Waals surface area contributed by atoms with Gasteiger partial charge in [0.15, 0.2) is 0 Å². The molecule has 0 spiro atoms. The highest BCUT2D eigenvalue weighted by Crippen LogP contribution is 2.30. The van der Waals surface area contributed by atoms with Crippen molar-refractivity contribution in [1.29, 1.82) is 0 Å². The molecule has 1 N–H and O–H groups in total. The molecular formula is C16H27N5. The normalized spacial score (nSPS) is 19.8. The van der Waals surface area contributed by atoms with Gasteiger partial charge in [-0.1, -0.05) is 6.92 Å². The van der Waals surface area contributed by atoms with Crippen LogP contribution < -0.4 is 10.2 Å². The minimum Gasteiger partial charge on any atom is -0.370 e. The summed E-state index contributed by atoms with van der Waals surface area (Å²) in [6, 6.07) is 0. The molecule has 21 heavy (non-hydrogen) atoms. The van der Waals surface area contributed by atoms with Gasteiger partial charge in [-0.3, -0.25) is 4.90 Å². The predicted octanol–water partition coefficient (Wildman–Crippen LogP) is 2.00. The van der Waals surface area contributed by atoms with Crippen LogP contribution in [0.4, 0.5) is 11.6 Å². The van der Waals surface area contributed by atoms with E-state index in [2.05, 4.69) is 38.9 Å². The molecule has 116 valence electrons. The largest absolute Gasteiger partial charge is 0.370 e. The molecule has 1 saturated carbocycles. The number of hydrogen-bond donors (Lipinski definition) is 1. The van der Waals surface area contributed by atoms with E-state index in [1.54, 1.807) is 6.33 Å². The molecule has 5 nitrogen and oxygen atoms in total. The number of hydrogen-bond acceptors (Lipinski definition) is 5. The van der Waals surface area contributed by atoms with Gasteiger partial charge < -0.3 is 10.2 Å². The van der Waals surface area contributed by atoms with Crippen molar-refractivity contribution < 1.29 is 0 Å². The van der Waals surface area contributed by atoms with Crippen LogP contribution in [0.5, 0.6) is 0 Å². The first-order valence-corrected chi connectivity index (χ1v) is 8.36. The molecule has 1 aromatic rings. The van der Waals surface area contributed by atoms with Gasteiger partial charge in [-0.25, -0.2) is 9.97 Å². The van der Waals surface area contributed by atoms with Crippen LogP contribution in [-0.4, -0.2) is 54.1 Å². The third kappa shape index (κ3) is 3.46. The Hall–Kier alpha value is -1.36. The van der Waals surface area contributed by atoms with Gasteiger partial charge in [-0.2, -0.15) is 0 Å². The van der Waals surface area contributed by atoms with Crippen molar-refractivity contribution in [3.8, 4) is 0 Å². The summed E-state index contributed by atoms with van der Waals surface area (Å²) in [5.41, 5.74) is 1.26. The Bertz CT molecular complexity index is 464. The SMILES string of the molecule is CCNc1ncnc(N2CCN(CC3CC3)CC2)c1CC. The zero-order valence-corrected chi connectivity index (χ0v) is 13.3. The van der Waals surface area contributed by atoms with Gasteiger partial charge in [-0.15, -0.1) is 0 Å². The number of anilines is 2. The Labute approximate surface area is 127 Å². The van der Waals surface area contributed by atoms with Crippen LogP contribution in [-0.2, 0) is 6.42 Å². The fourth-order valence-corrected chi connectivity index (χ4v) is 3.13. The Morgan fingerprint density at radius 1 is 1.14 bits per heavy atom. The first kappa shape index (κ1) is 14.6. The van der Waals surface area contributed by atoms with Crippen molar-refractivity contribution in [3.63, 3.8) is 0 Å². The van der Waals surface area contributed by atoms with Gasteiger partial charge in [0.1, 0.15) is 18.0 Å². The lowest BCUT2D eigenvalue weighted by Gasteiger charge is -2.36. The zero-order chi connectivity index (χ0) is 14.7. The first-order chi connectivity index (χ1) is 10.3. The van der Waals surface area contributed by atoms with Crippen molar-refractivity contribution in [2.24, 2.45) is 5.92 Å². The molecular weight excluding hydrogens is 262 g/mol. The third-order valence-electron chi connectivity index (χ3n) is 4.51. The van der Waals surface area contributed by atoms with E-state index in [-0.39, 0.29) is 0 Å². The molecule has 0 unspecified atom stereocenters. The van der Waals surface area contributed by atoms with Crippen LogP contribution in [0.15, 0.2) is 6.33 Å². The molecule has 1 aliphatic carbocycles. The smallest absolute Gasteiger partial charge is 0.137 e. The van der Waals surface area contributed by atoms with E-state index in [1.165, 1.54) is 38.0 Å². The minimum absolute atomic E-state index is 0.901. The summed E-state index contributed by atoms with van der Waals surface area (Å²) in [7, 11) is 0. The summed E-state index contributed by atoms with van der Waals surface area (Å²) in [4.78, 5) is 14.0. The second-order valence-electron chi connectivity index (χ2n) is 6.14. The number of aromatic nitrogens is 2. The molecule has 2 heterocycles. The summed E-state index contributed by atoms with van der Waals surface area (Å²) in [5, 5.41) is 3.36. The second-order valence-corrected chi connectivity index (χ2v) is 6.14. The molecule has 0 bridgehead atoms. The second kappa shape index (κ2) is 6.60. The van der Waals surface area contributed by atoms with Crippen LogP contribution in [0.3, 0.4) is 0 Å². The van der Waals surface area contributed by atoms with E-state index in [0.717, 1.165) is 43.6 Å². The van der Waals surface area contributed by atoms with Gasteiger partial charge >= 0.3 is 0 Å². The van der Waals surface area contributed by atoms with E-state index < -0.39 is 0 Å². The van der Waals surface area contributed by atoms with Crippen molar-refractivity contribution >= 4 is 11.6 Å². The Balaban J connectivity index is 1.67. The molecule has 0 atom stereocenters. The molecule has 1 saturated heterocycles. The molecule has 3 rings (SSSR count). The third-order valence-corrected chi connectivity index (χ3v) is 4.51. The number of nitrogens with one attached hydrogen (secondary N) is 1. The lowest BCUT2D eigenvalue weighted by Crippen LogP contribution is -2.47. The lowest BCUT2D eigenvalue weighted by atomic mass is 10.2. The molecule has 1 aromatic heterocycles. The standard InChI is InChI=1S/C16H27N5/c1-3-14-15(17-4-2)18-12-19-16(14)21-9-7-20(8-10-21)11-13-5-6-13/h12-13H,3-11H2,1-2H3,(H,17,18,19). The number of piperazine rings is 1. The van der Waals surface area contributed by atoms with Crippen molar-refractivity contribution in [2.45, 2.75) is 33.1 Å². The number of nitrogens with zero attached hydrogens (tertiary/aromatic N) is 4. The maximum atomic E-state index is 4.57. The van der Waals surface area contributed by atoms with E-state index in [0.29, 0.717) is 0 Å². The van der Waals surface area contributed by atoms with Crippen molar-refractivity contribution in [2.75, 3.05) is 49.5 Å². The molecule has 5 heteroatoms. The van der Waals surface area contributed by atoms with E-state index in [1.807, 2.05) is 0 Å². The van der Waals surface area contributed by atoms with Gasteiger partial charge in [0.2, 0.25) is 0 Å². The van der Waals surface area contributed by atoms with Gasteiger partial charge in [0, 0.05) is 44.8 Å². The first-order valence-electron chi connectivity index (χ1n) is 8.36. The molecule has 1 aliphatic heterocycles. The van der Waals surface area contributed by atoms with Crippen LogP contribution in [0.1, 0.15) is 32.3 Å². The highest BCUT2D eigenvalue weighted by molar-refractivity contribution is 5.59. The quantitative estimate of drug-likeness (QED) is 0.868. The average molecular weight is 289 g/mol. The molecule has 0 amide bonds.